The van der Waals surface area contributed by atoms with Crippen LogP contribution in [0.3, 0.4) is 0 Å². The molecule has 0 spiro atoms. The molecule has 7 heteroatoms. The third-order valence-electron chi connectivity index (χ3n) is 4.92. The summed E-state index contributed by atoms with van der Waals surface area (Å²) in [6, 6.07) is 12.2. The van der Waals surface area contributed by atoms with Crippen LogP contribution in [0, 0.1) is 5.82 Å². The number of rotatable bonds is 7. The van der Waals surface area contributed by atoms with E-state index in [0.717, 1.165) is 51.0 Å². The van der Waals surface area contributed by atoms with Crippen LogP contribution in [0.5, 0.6) is 5.75 Å². The number of hydrogen-bond acceptors (Lipinski definition) is 4. The fourth-order valence-corrected chi connectivity index (χ4v) is 3.45. The molecule has 2 aromatic carbocycles. The predicted octanol–water partition coefficient (Wildman–Crippen LogP) is 3.43. The van der Waals surface area contributed by atoms with E-state index in [1.807, 2.05) is 12.1 Å². The minimum atomic E-state index is -0.598. The van der Waals surface area contributed by atoms with E-state index in [9.17, 15) is 9.18 Å². The van der Waals surface area contributed by atoms with Crippen LogP contribution >= 0.6 is 11.6 Å². The number of nitrogens with one attached hydrogen (secondary N) is 1. The molecule has 0 atom stereocenters. The van der Waals surface area contributed by atoms with Gasteiger partial charge in [-0.15, -0.1) is 0 Å². The number of anilines is 1. The summed E-state index contributed by atoms with van der Waals surface area (Å²) in [7, 11) is 1.67. The molecule has 0 radical (unpaired) electrons. The van der Waals surface area contributed by atoms with Crippen LogP contribution in [0.1, 0.15) is 16.8 Å². The quantitative estimate of drug-likeness (QED) is 0.717. The summed E-state index contributed by atoms with van der Waals surface area (Å²) in [5.41, 5.74) is 1.23. The lowest BCUT2D eigenvalue weighted by Crippen LogP contribution is -2.47. The Morgan fingerprint density at radius 1 is 1.14 bits per heavy atom. The second kappa shape index (κ2) is 9.75. The Hall–Kier alpha value is -2.31. The number of nitrogens with zero attached hydrogens (tertiary/aromatic N) is 2. The Labute approximate surface area is 170 Å². The zero-order valence-corrected chi connectivity index (χ0v) is 16.7. The monoisotopic (exact) mass is 405 g/mol. The topological polar surface area (TPSA) is 44.8 Å². The van der Waals surface area contributed by atoms with Crippen LogP contribution in [0.2, 0.25) is 5.02 Å². The zero-order valence-electron chi connectivity index (χ0n) is 16.0. The first-order valence-electron chi connectivity index (χ1n) is 9.41. The second-order valence-electron chi connectivity index (χ2n) is 6.76. The first kappa shape index (κ1) is 20.4. The van der Waals surface area contributed by atoms with Crippen LogP contribution in [-0.4, -0.2) is 57.2 Å². The number of amides is 1. The van der Waals surface area contributed by atoms with Crippen LogP contribution in [0.4, 0.5) is 10.1 Å². The largest absolute Gasteiger partial charge is 0.497 e. The molecule has 0 unspecified atom stereocenters. The molecule has 2 aromatic rings. The van der Waals surface area contributed by atoms with E-state index < -0.39 is 11.7 Å². The third kappa shape index (κ3) is 5.36. The van der Waals surface area contributed by atoms with E-state index in [0.29, 0.717) is 6.54 Å². The number of methoxy groups -OCH3 is 1. The maximum atomic E-state index is 13.8. The first-order chi connectivity index (χ1) is 13.6. The zero-order chi connectivity index (χ0) is 19.9. The smallest absolute Gasteiger partial charge is 0.254 e. The summed E-state index contributed by atoms with van der Waals surface area (Å²) in [6.45, 7) is 5.31. The van der Waals surface area contributed by atoms with Gasteiger partial charge in [0.15, 0.2) is 0 Å². The molecule has 0 aliphatic carbocycles. The molecule has 1 heterocycles. The van der Waals surface area contributed by atoms with Crippen LogP contribution in [0.15, 0.2) is 42.5 Å². The van der Waals surface area contributed by atoms with E-state index >= 15 is 0 Å². The number of benzene rings is 2. The van der Waals surface area contributed by atoms with Crippen molar-refractivity contribution in [2.24, 2.45) is 0 Å². The van der Waals surface area contributed by atoms with Gasteiger partial charge in [0.05, 0.1) is 12.7 Å². The average molecular weight is 406 g/mol. The third-order valence-corrected chi connectivity index (χ3v) is 5.16. The lowest BCUT2D eigenvalue weighted by Gasteiger charge is -2.36. The van der Waals surface area contributed by atoms with Crippen molar-refractivity contribution in [3.8, 4) is 5.75 Å². The predicted molar refractivity (Wildman–Crippen MR) is 110 cm³/mol. The van der Waals surface area contributed by atoms with Crippen molar-refractivity contribution in [2.45, 2.75) is 6.42 Å². The normalized spacial score (nSPS) is 14.8. The molecule has 5 nitrogen and oxygen atoms in total. The van der Waals surface area contributed by atoms with Gasteiger partial charge in [-0.2, -0.15) is 0 Å². The van der Waals surface area contributed by atoms with Crippen molar-refractivity contribution >= 4 is 23.2 Å². The van der Waals surface area contributed by atoms with Crippen molar-refractivity contribution in [1.82, 2.24) is 10.2 Å². The summed E-state index contributed by atoms with van der Waals surface area (Å²) in [5.74, 6) is -0.138. The minimum Gasteiger partial charge on any atom is -0.497 e. The Kier molecular flexibility index (Phi) is 7.12. The molecule has 1 fully saturated rings. The van der Waals surface area contributed by atoms with Gasteiger partial charge in [-0.05, 0) is 55.4 Å². The molecule has 150 valence electrons. The van der Waals surface area contributed by atoms with E-state index in [2.05, 4.69) is 27.2 Å². The van der Waals surface area contributed by atoms with Gasteiger partial charge in [0.1, 0.15) is 11.6 Å². The fourth-order valence-electron chi connectivity index (χ4n) is 3.30. The molecule has 1 N–H and O–H groups in total. The highest BCUT2D eigenvalue weighted by Crippen LogP contribution is 2.20. The van der Waals surface area contributed by atoms with Gasteiger partial charge in [-0.1, -0.05) is 11.6 Å². The standard InChI is InChI=1S/C21H25ClFN3O2/c1-28-18-6-4-17(5-7-18)26-13-11-25(12-14-26)10-2-9-24-21(27)19-8-3-16(22)15-20(19)23/h3-8,15H,2,9-14H2,1H3,(H,24,27). The highest BCUT2D eigenvalue weighted by molar-refractivity contribution is 6.30. The molecule has 0 saturated carbocycles. The van der Waals surface area contributed by atoms with E-state index in [4.69, 9.17) is 16.3 Å². The minimum absolute atomic E-state index is 0.0255. The molecule has 0 aromatic heterocycles. The maximum Gasteiger partial charge on any atom is 0.254 e. The first-order valence-corrected chi connectivity index (χ1v) is 9.79. The van der Waals surface area contributed by atoms with Gasteiger partial charge in [0, 0.05) is 43.4 Å². The molecule has 28 heavy (non-hydrogen) atoms. The van der Waals surface area contributed by atoms with Crippen molar-refractivity contribution in [3.63, 3.8) is 0 Å². The summed E-state index contributed by atoms with van der Waals surface area (Å²) in [4.78, 5) is 16.8. The van der Waals surface area contributed by atoms with Crippen LogP contribution in [-0.2, 0) is 0 Å². The number of ether oxygens (including phenoxy) is 1. The van der Waals surface area contributed by atoms with Crippen LogP contribution in [0.25, 0.3) is 0 Å². The molecular formula is C21H25ClFN3O2. The molecular weight excluding hydrogens is 381 g/mol. The van der Waals surface area contributed by atoms with Crippen molar-refractivity contribution in [3.05, 3.63) is 58.9 Å². The number of carbonyl (C=O) groups is 1. The van der Waals surface area contributed by atoms with Gasteiger partial charge >= 0.3 is 0 Å². The maximum absolute atomic E-state index is 13.8. The van der Waals surface area contributed by atoms with Crippen molar-refractivity contribution in [1.29, 1.82) is 0 Å². The number of carbonyl (C=O) groups excluding carboxylic acids is 1. The second-order valence-corrected chi connectivity index (χ2v) is 7.20. The van der Waals surface area contributed by atoms with Gasteiger partial charge in [0.25, 0.3) is 5.91 Å². The van der Waals surface area contributed by atoms with Gasteiger partial charge < -0.3 is 15.0 Å². The van der Waals surface area contributed by atoms with Crippen LogP contribution < -0.4 is 15.0 Å². The molecule has 1 saturated heterocycles. The number of hydrogen-bond donors (Lipinski definition) is 1. The Morgan fingerprint density at radius 2 is 1.86 bits per heavy atom. The molecule has 1 amide bonds. The Balaban J connectivity index is 1.36. The lowest BCUT2D eigenvalue weighted by molar-refractivity contribution is 0.0947. The molecule has 3 rings (SSSR count). The van der Waals surface area contributed by atoms with Gasteiger partial charge in [-0.25, -0.2) is 4.39 Å². The van der Waals surface area contributed by atoms with E-state index in [-0.39, 0.29) is 10.6 Å². The number of halogens is 2. The number of piperazine rings is 1. The van der Waals surface area contributed by atoms with Gasteiger partial charge in [0.2, 0.25) is 0 Å². The summed E-state index contributed by atoms with van der Waals surface area (Å²) in [5, 5.41) is 3.05. The summed E-state index contributed by atoms with van der Waals surface area (Å²) >= 11 is 5.71. The average Bonchev–Trinajstić information content (AvgIpc) is 2.71. The van der Waals surface area contributed by atoms with Gasteiger partial charge in [-0.3, -0.25) is 9.69 Å². The molecule has 1 aliphatic rings. The highest BCUT2D eigenvalue weighted by atomic mass is 35.5. The summed E-state index contributed by atoms with van der Waals surface area (Å²) < 4.78 is 19.0. The SMILES string of the molecule is COc1ccc(N2CCN(CCCNC(=O)c3ccc(Cl)cc3F)CC2)cc1. The van der Waals surface area contributed by atoms with Crippen molar-refractivity contribution in [2.75, 3.05) is 51.3 Å². The molecule has 1 aliphatic heterocycles. The van der Waals surface area contributed by atoms with E-state index in [1.54, 1.807) is 7.11 Å². The molecule has 0 bridgehead atoms. The fraction of sp³-hybridized carbons (Fsp3) is 0.381. The highest BCUT2D eigenvalue weighted by Gasteiger charge is 2.17. The Bertz CT molecular complexity index is 793. The summed E-state index contributed by atoms with van der Waals surface area (Å²) in [6.07, 6.45) is 0.823. The Morgan fingerprint density at radius 3 is 2.50 bits per heavy atom. The lowest BCUT2D eigenvalue weighted by atomic mass is 10.2. The van der Waals surface area contributed by atoms with E-state index in [1.165, 1.54) is 17.8 Å². The van der Waals surface area contributed by atoms with Crippen molar-refractivity contribution < 1.29 is 13.9 Å².